The van der Waals surface area contributed by atoms with Crippen LogP contribution in [0.15, 0.2) is 41.1 Å². The number of amides is 1. The van der Waals surface area contributed by atoms with Gasteiger partial charge in [-0.15, -0.1) is 0 Å². The fraction of sp³-hybridized carbons (Fsp3) is 0.0909. The van der Waals surface area contributed by atoms with E-state index in [1.807, 2.05) is 18.3 Å². The molecular weight excluding hydrogens is 270 g/mol. The average molecular weight is 280 g/mol. The van der Waals surface area contributed by atoms with Crippen molar-refractivity contribution in [3.05, 3.63) is 52.3 Å². The molecule has 0 spiro atoms. The third kappa shape index (κ3) is 2.30. The predicted molar refractivity (Wildman–Crippen MR) is 64.0 cm³/mol. The molecule has 82 valence electrons. The molecule has 0 radical (unpaired) electrons. The monoisotopic (exact) mass is 279 g/mol. The number of nitrogens with zero attached hydrogens (tertiary/aromatic N) is 2. The lowest BCUT2D eigenvalue weighted by Gasteiger charge is -2.06. The van der Waals surface area contributed by atoms with E-state index in [1.165, 1.54) is 0 Å². The minimum Gasteiger partial charge on any atom is -0.366 e. The lowest BCUT2D eigenvalue weighted by Crippen LogP contribution is -2.15. The number of benzene rings is 1. The molecule has 0 aliphatic carbocycles. The standard InChI is InChI=1S/C11H10BrN3O/c12-9-5-14-15(7-9)6-8-3-1-2-4-10(8)11(13)16/h1-5,7H,6H2,(H2,13,16). The zero-order valence-corrected chi connectivity index (χ0v) is 10.0. The molecule has 1 heterocycles. The van der Waals surface area contributed by atoms with E-state index >= 15 is 0 Å². The first-order valence-corrected chi connectivity index (χ1v) is 5.52. The molecule has 0 aliphatic heterocycles. The molecular formula is C11H10BrN3O. The molecule has 2 N–H and O–H groups in total. The van der Waals surface area contributed by atoms with Crippen LogP contribution in [0.3, 0.4) is 0 Å². The van der Waals surface area contributed by atoms with E-state index in [0.717, 1.165) is 10.0 Å². The minimum atomic E-state index is -0.415. The Kier molecular flexibility index (Phi) is 3.05. The summed E-state index contributed by atoms with van der Waals surface area (Å²) < 4.78 is 2.65. The Morgan fingerprint density at radius 1 is 1.44 bits per heavy atom. The molecule has 4 nitrogen and oxygen atoms in total. The van der Waals surface area contributed by atoms with Crippen molar-refractivity contribution in [1.82, 2.24) is 9.78 Å². The third-order valence-corrected chi connectivity index (χ3v) is 2.63. The SMILES string of the molecule is NC(=O)c1ccccc1Cn1cc(Br)cn1. The lowest BCUT2D eigenvalue weighted by molar-refractivity contribution is 0.0999. The van der Waals surface area contributed by atoms with Gasteiger partial charge in [-0.3, -0.25) is 9.48 Å². The van der Waals surface area contributed by atoms with E-state index in [9.17, 15) is 4.79 Å². The average Bonchev–Trinajstić information content (AvgIpc) is 2.64. The van der Waals surface area contributed by atoms with Gasteiger partial charge in [0.15, 0.2) is 0 Å². The highest BCUT2D eigenvalue weighted by molar-refractivity contribution is 9.10. The topological polar surface area (TPSA) is 60.9 Å². The normalized spacial score (nSPS) is 10.3. The number of hydrogen-bond acceptors (Lipinski definition) is 2. The molecule has 0 fully saturated rings. The largest absolute Gasteiger partial charge is 0.366 e. The van der Waals surface area contributed by atoms with Crippen molar-refractivity contribution >= 4 is 21.8 Å². The zero-order valence-electron chi connectivity index (χ0n) is 8.43. The van der Waals surface area contributed by atoms with Gasteiger partial charge in [0, 0.05) is 11.8 Å². The highest BCUT2D eigenvalue weighted by Crippen LogP contribution is 2.12. The Balaban J connectivity index is 2.31. The van der Waals surface area contributed by atoms with Gasteiger partial charge in [-0.25, -0.2) is 0 Å². The van der Waals surface area contributed by atoms with E-state index in [1.54, 1.807) is 23.0 Å². The fourth-order valence-corrected chi connectivity index (χ4v) is 1.83. The summed E-state index contributed by atoms with van der Waals surface area (Å²) in [5.74, 6) is -0.415. The summed E-state index contributed by atoms with van der Waals surface area (Å²) in [6, 6.07) is 7.26. The molecule has 0 saturated heterocycles. The van der Waals surface area contributed by atoms with Gasteiger partial charge < -0.3 is 5.73 Å². The molecule has 5 heteroatoms. The number of nitrogens with two attached hydrogens (primary N) is 1. The molecule has 0 unspecified atom stereocenters. The summed E-state index contributed by atoms with van der Waals surface area (Å²) in [4.78, 5) is 11.2. The van der Waals surface area contributed by atoms with E-state index in [-0.39, 0.29) is 0 Å². The van der Waals surface area contributed by atoms with Crippen molar-refractivity contribution < 1.29 is 4.79 Å². The molecule has 0 atom stereocenters. The van der Waals surface area contributed by atoms with Crippen LogP contribution in [0, 0.1) is 0 Å². The zero-order chi connectivity index (χ0) is 11.5. The van der Waals surface area contributed by atoms with Gasteiger partial charge in [0.2, 0.25) is 5.91 Å². The van der Waals surface area contributed by atoms with Crippen LogP contribution in [0.25, 0.3) is 0 Å². The van der Waals surface area contributed by atoms with Crippen LogP contribution in [0.5, 0.6) is 0 Å². The first-order valence-electron chi connectivity index (χ1n) is 4.72. The number of carbonyl (C=O) groups is 1. The molecule has 0 aliphatic rings. The van der Waals surface area contributed by atoms with Crippen LogP contribution in [-0.2, 0) is 6.54 Å². The van der Waals surface area contributed by atoms with Gasteiger partial charge in [-0.05, 0) is 27.6 Å². The maximum Gasteiger partial charge on any atom is 0.249 e. The molecule has 1 aromatic heterocycles. The fourth-order valence-electron chi connectivity index (χ4n) is 1.50. The summed E-state index contributed by atoms with van der Waals surface area (Å²) in [6.45, 7) is 0.532. The van der Waals surface area contributed by atoms with Crippen molar-refractivity contribution in [2.75, 3.05) is 0 Å². The second kappa shape index (κ2) is 4.49. The second-order valence-corrected chi connectivity index (χ2v) is 4.29. The number of hydrogen-bond donors (Lipinski definition) is 1. The Morgan fingerprint density at radius 3 is 2.81 bits per heavy atom. The summed E-state index contributed by atoms with van der Waals surface area (Å²) in [5.41, 5.74) is 6.70. The Morgan fingerprint density at radius 2 is 2.19 bits per heavy atom. The van der Waals surface area contributed by atoms with Gasteiger partial charge in [-0.2, -0.15) is 5.10 Å². The highest BCUT2D eigenvalue weighted by atomic mass is 79.9. The van der Waals surface area contributed by atoms with E-state index < -0.39 is 5.91 Å². The van der Waals surface area contributed by atoms with Gasteiger partial charge in [0.05, 0.1) is 17.2 Å². The van der Waals surface area contributed by atoms with Crippen LogP contribution < -0.4 is 5.73 Å². The highest BCUT2D eigenvalue weighted by Gasteiger charge is 2.07. The Labute approximate surface area is 101 Å². The van der Waals surface area contributed by atoms with Gasteiger partial charge >= 0.3 is 0 Å². The van der Waals surface area contributed by atoms with Gasteiger partial charge in [0.1, 0.15) is 0 Å². The van der Waals surface area contributed by atoms with Crippen LogP contribution in [0.1, 0.15) is 15.9 Å². The van der Waals surface area contributed by atoms with Crippen LogP contribution in [0.4, 0.5) is 0 Å². The van der Waals surface area contributed by atoms with Gasteiger partial charge in [0.25, 0.3) is 0 Å². The molecule has 2 rings (SSSR count). The Hall–Kier alpha value is -1.62. The van der Waals surface area contributed by atoms with Crippen LogP contribution in [-0.4, -0.2) is 15.7 Å². The maximum absolute atomic E-state index is 11.2. The molecule has 16 heavy (non-hydrogen) atoms. The Bertz CT molecular complexity index is 521. The van der Waals surface area contributed by atoms with Crippen molar-refractivity contribution in [3.63, 3.8) is 0 Å². The van der Waals surface area contributed by atoms with Crippen molar-refractivity contribution in [2.24, 2.45) is 5.73 Å². The van der Waals surface area contributed by atoms with Crippen LogP contribution >= 0.6 is 15.9 Å². The number of halogens is 1. The molecule has 1 amide bonds. The van der Waals surface area contributed by atoms with Crippen molar-refractivity contribution in [1.29, 1.82) is 0 Å². The first-order chi connectivity index (χ1) is 7.66. The van der Waals surface area contributed by atoms with E-state index in [4.69, 9.17) is 5.73 Å². The molecule has 1 aromatic carbocycles. The van der Waals surface area contributed by atoms with Crippen molar-refractivity contribution in [2.45, 2.75) is 6.54 Å². The lowest BCUT2D eigenvalue weighted by atomic mass is 10.1. The number of carbonyl (C=O) groups excluding carboxylic acids is 1. The quantitative estimate of drug-likeness (QED) is 0.931. The predicted octanol–water partition coefficient (Wildman–Crippen LogP) is 1.79. The number of aromatic nitrogens is 2. The molecule has 0 bridgehead atoms. The van der Waals surface area contributed by atoms with Crippen LogP contribution in [0.2, 0.25) is 0 Å². The smallest absolute Gasteiger partial charge is 0.249 e. The number of primary amides is 1. The summed E-state index contributed by atoms with van der Waals surface area (Å²) >= 11 is 3.32. The first kappa shape index (κ1) is 10.9. The van der Waals surface area contributed by atoms with Crippen molar-refractivity contribution in [3.8, 4) is 0 Å². The molecule has 0 saturated carbocycles. The summed E-state index contributed by atoms with van der Waals surface area (Å²) in [7, 11) is 0. The third-order valence-electron chi connectivity index (χ3n) is 2.22. The second-order valence-electron chi connectivity index (χ2n) is 3.38. The summed E-state index contributed by atoms with van der Waals surface area (Å²) in [6.07, 6.45) is 3.55. The number of rotatable bonds is 3. The minimum absolute atomic E-state index is 0.415. The summed E-state index contributed by atoms with van der Waals surface area (Å²) in [5, 5.41) is 4.13. The van der Waals surface area contributed by atoms with E-state index in [2.05, 4.69) is 21.0 Å². The molecule has 2 aromatic rings. The maximum atomic E-state index is 11.2. The van der Waals surface area contributed by atoms with Gasteiger partial charge in [-0.1, -0.05) is 18.2 Å². The van der Waals surface area contributed by atoms with E-state index in [0.29, 0.717) is 12.1 Å².